The molecule has 0 amide bonds. The number of ketones is 1. The fourth-order valence-corrected chi connectivity index (χ4v) is 2.35. The minimum atomic E-state index is -0.275. The van der Waals surface area contributed by atoms with Crippen molar-refractivity contribution in [1.82, 2.24) is 0 Å². The third-order valence-electron chi connectivity index (χ3n) is 3.59. The summed E-state index contributed by atoms with van der Waals surface area (Å²) in [5, 5.41) is 0. The molecule has 0 heterocycles. The van der Waals surface area contributed by atoms with Crippen molar-refractivity contribution in [3.8, 4) is 0 Å². The molecule has 0 saturated heterocycles. The smallest absolute Gasteiger partial charge is 0.139 e. The number of Topliss-reactive ketones (excluding diaryl/α,β-unsaturated/α-hetero) is 1. The number of hydrogen-bond acceptors (Lipinski definition) is 2. The molecule has 0 aliphatic heterocycles. The maximum Gasteiger partial charge on any atom is 0.139 e. The number of carbonyl (C=O) groups excluding carboxylic acids is 2. The lowest BCUT2D eigenvalue weighted by Crippen LogP contribution is -2.24. The van der Waals surface area contributed by atoms with Crippen LogP contribution in [-0.2, 0) is 9.59 Å². The largest absolute Gasteiger partial charge is 0.303 e. The van der Waals surface area contributed by atoms with Gasteiger partial charge in [-0.25, -0.2) is 0 Å². The van der Waals surface area contributed by atoms with Crippen molar-refractivity contribution < 1.29 is 9.59 Å². The first kappa shape index (κ1) is 12.2. The minimum absolute atomic E-state index is 0.159. The Bertz CT molecular complexity index is 266. The summed E-state index contributed by atoms with van der Waals surface area (Å²) in [7, 11) is 0. The van der Waals surface area contributed by atoms with E-state index in [0.717, 1.165) is 25.5 Å². The van der Waals surface area contributed by atoms with Crippen molar-refractivity contribution in [2.45, 2.75) is 39.5 Å². The van der Waals surface area contributed by atoms with Gasteiger partial charge in [-0.3, -0.25) is 4.79 Å². The number of carbonyl (C=O) groups is 2. The van der Waals surface area contributed by atoms with Gasteiger partial charge in [-0.05, 0) is 25.2 Å². The molecule has 0 N–H and O–H groups in total. The van der Waals surface area contributed by atoms with Crippen LogP contribution in [0.25, 0.3) is 0 Å². The van der Waals surface area contributed by atoms with E-state index in [4.69, 9.17) is 0 Å². The number of rotatable bonds is 5. The monoisotopic (exact) mass is 208 g/mol. The highest BCUT2D eigenvalue weighted by Crippen LogP contribution is 2.41. The highest BCUT2D eigenvalue weighted by Gasteiger charge is 2.37. The zero-order chi connectivity index (χ0) is 11.5. The molecule has 2 atom stereocenters. The van der Waals surface area contributed by atoms with E-state index in [0.29, 0.717) is 12.3 Å². The lowest BCUT2D eigenvalue weighted by atomic mass is 9.78. The summed E-state index contributed by atoms with van der Waals surface area (Å²) >= 11 is 0. The Hall–Kier alpha value is -0.920. The van der Waals surface area contributed by atoms with Gasteiger partial charge in [0.2, 0.25) is 0 Å². The van der Waals surface area contributed by atoms with Crippen LogP contribution in [0.3, 0.4) is 0 Å². The lowest BCUT2D eigenvalue weighted by Gasteiger charge is -2.25. The van der Waals surface area contributed by atoms with Crippen molar-refractivity contribution in [3.05, 3.63) is 12.7 Å². The molecule has 1 aliphatic rings. The molecule has 1 fully saturated rings. The molecule has 2 nitrogen and oxygen atoms in total. The molecule has 84 valence electrons. The van der Waals surface area contributed by atoms with E-state index in [1.54, 1.807) is 6.08 Å². The van der Waals surface area contributed by atoms with Gasteiger partial charge in [0, 0.05) is 17.8 Å². The molecular formula is C13H20O2. The van der Waals surface area contributed by atoms with Crippen LogP contribution < -0.4 is 0 Å². The van der Waals surface area contributed by atoms with Gasteiger partial charge in [-0.1, -0.05) is 19.9 Å². The number of hydrogen-bond donors (Lipinski definition) is 0. The topological polar surface area (TPSA) is 34.1 Å². The highest BCUT2D eigenvalue weighted by atomic mass is 16.1. The molecule has 0 aromatic heterocycles. The summed E-state index contributed by atoms with van der Waals surface area (Å²) in [6.45, 7) is 7.51. The van der Waals surface area contributed by atoms with Gasteiger partial charge < -0.3 is 4.79 Å². The molecule has 1 rings (SSSR count). The fourth-order valence-electron chi connectivity index (χ4n) is 2.35. The molecule has 0 radical (unpaired) electrons. The van der Waals surface area contributed by atoms with E-state index in [1.165, 1.54) is 0 Å². The standard InChI is InChI=1S/C13H20O2/c1-4-5-12(15)10-6-7-11(8-10)13(2,3)9-14/h4,9-11H,1,5-8H2,2-3H3/t10-,11+/m0/s1. The second-order valence-corrected chi connectivity index (χ2v) is 5.11. The van der Waals surface area contributed by atoms with Gasteiger partial charge in [-0.2, -0.15) is 0 Å². The van der Waals surface area contributed by atoms with Crippen LogP contribution in [0.4, 0.5) is 0 Å². The summed E-state index contributed by atoms with van der Waals surface area (Å²) in [6, 6.07) is 0. The molecule has 15 heavy (non-hydrogen) atoms. The summed E-state index contributed by atoms with van der Waals surface area (Å²) in [5.74, 6) is 0.815. The van der Waals surface area contributed by atoms with Crippen LogP contribution in [0.5, 0.6) is 0 Å². The SMILES string of the molecule is C=CCC(=O)[C@H]1CC[C@@H](C(C)(C)C=O)C1. The molecule has 0 unspecified atom stereocenters. The molecular weight excluding hydrogens is 188 g/mol. The summed E-state index contributed by atoms with van der Waals surface area (Å²) in [5.41, 5.74) is -0.275. The zero-order valence-electron chi connectivity index (χ0n) is 9.66. The maximum absolute atomic E-state index is 11.6. The highest BCUT2D eigenvalue weighted by molar-refractivity contribution is 5.82. The van der Waals surface area contributed by atoms with Crippen molar-refractivity contribution in [1.29, 1.82) is 0 Å². The van der Waals surface area contributed by atoms with Gasteiger partial charge in [0.1, 0.15) is 12.1 Å². The van der Waals surface area contributed by atoms with Crippen LogP contribution in [0, 0.1) is 17.3 Å². The average Bonchev–Trinajstić information content (AvgIpc) is 2.67. The van der Waals surface area contributed by atoms with Crippen LogP contribution in [0.15, 0.2) is 12.7 Å². The van der Waals surface area contributed by atoms with Gasteiger partial charge in [0.25, 0.3) is 0 Å². The Kier molecular flexibility index (Phi) is 3.83. The van der Waals surface area contributed by atoms with Crippen molar-refractivity contribution in [3.63, 3.8) is 0 Å². The molecule has 0 aromatic carbocycles. The molecule has 0 spiro atoms. The minimum Gasteiger partial charge on any atom is -0.303 e. The normalized spacial score (nSPS) is 26.3. The van der Waals surface area contributed by atoms with Gasteiger partial charge in [0.15, 0.2) is 0 Å². The molecule has 1 aliphatic carbocycles. The number of aldehydes is 1. The first-order valence-electron chi connectivity index (χ1n) is 5.61. The second kappa shape index (κ2) is 4.73. The Balaban J connectivity index is 2.56. The third-order valence-corrected chi connectivity index (χ3v) is 3.59. The Labute approximate surface area is 91.7 Å². The van der Waals surface area contributed by atoms with Crippen molar-refractivity contribution in [2.24, 2.45) is 17.3 Å². The van der Waals surface area contributed by atoms with E-state index in [-0.39, 0.29) is 17.1 Å². The quantitative estimate of drug-likeness (QED) is 0.514. The first-order chi connectivity index (χ1) is 7.01. The Morgan fingerprint density at radius 3 is 2.67 bits per heavy atom. The predicted octanol–water partition coefficient (Wildman–Crippen LogP) is 2.77. The molecule has 0 bridgehead atoms. The van der Waals surface area contributed by atoms with E-state index in [2.05, 4.69) is 6.58 Å². The summed E-state index contributed by atoms with van der Waals surface area (Å²) in [4.78, 5) is 22.6. The lowest BCUT2D eigenvalue weighted by molar-refractivity contribution is -0.122. The van der Waals surface area contributed by atoms with Gasteiger partial charge in [0.05, 0.1) is 0 Å². The predicted molar refractivity (Wildman–Crippen MR) is 60.5 cm³/mol. The van der Waals surface area contributed by atoms with E-state index >= 15 is 0 Å². The van der Waals surface area contributed by atoms with E-state index in [9.17, 15) is 9.59 Å². The van der Waals surface area contributed by atoms with Crippen LogP contribution >= 0.6 is 0 Å². The van der Waals surface area contributed by atoms with Gasteiger partial charge in [-0.15, -0.1) is 6.58 Å². The summed E-state index contributed by atoms with van der Waals surface area (Å²) in [6.07, 6.45) is 5.98. The molecule has 2 heteroatoms. The van der Waals surface area contributed by atoms with Crippen LogP contribution in [-0.4, -0.2) is 12.1 Å². The fraction of sp³-hybridized carbons (Fsp3) is 0.692. The van der Waals surface area contributed by atoms with E-state index < -0.39 is 0 Å². The Morgan fingerprint density at radius 2 is 2.13 bits per heavy atom. The van der Waals surface area contributed by atoms with Crippen LogP contribution in [0.2, 0.25) is 0 Å². The average molecular weight is 208 g/mol. The van der Waals surface area contributed by atoms with Gasteiger partial charge >= 0.3 is 0 Å². The third kappa shape index (κ3) is 2.77. The first-order valence-corrected chi connectivity index (χ1v) is 5.61. The summed E-state index contributed by atoms with van der Waals surface area (Å²) < 4.78 is 0. The second-order valence-electron chi connectivity index (χ2n) is 5.11. The Morgan fingerprint density at radius 1 is 1.47 bits per heavy atom. The van der Waals surface area contributed by atoms with Crippen LogP contribution in [0.1, 0.15) is 39.5 Å². The maximum atomic E-state index is 11.6. The zero-order valence-corrected chi connectivity index (χ0v) is 9.66. The van der Waals surface area contributed by atoms with Crippen molar-refractivity contribution >= 4 is 12.1 Å². The number of allylic oxidation sites excluding steroid dienone is 1. The molecule has 0 aromatic rings. The van der Waals surface area contributed by atoms with Crippen molar-refractivity contribution in [2.75, 3.05) is 0 Å². The molecule has 1 saturated carbocycles. The van der Waals surface area contributed by atoms with E-state index in [1.807, 2.05) is 13.8 Å².